The highest BCUT2D eigenvalue weighted by atomic mass is 35.5. The van der Waals surface area contributed by atoms with Crippen molar-refractivity contribution in [2.24, 2.45) is 0 Å². The van der Waals surface area contributed by atoms with Crippen LogP contribution in [-0.2, 0) is 0 Å². The standard InChI is InChI=1S/C26H32ClN5O4/c1-3-28-26(33)31-21-9-8-18(14-20(21)27)36-25-19-15-23(34-2)24(16-22(19)29-17-30-25)35-13-7-12-32-10-5-4-6-11-32/h8-9,14-17H,3-7,10-13H2,1-2H3,(H2,28,31,33). The van der Waals surface area contributed by atoms with Gasteiger partial charge in [0.25, 0.3) is 0 Å². The fourth-order valence-corrected chi connectivity index (χ4v) is 4.36. The Hall–Kier alpha value is -3.30. The number of rotatable bonds is 10. The molecule has 2 amide bonds. The molecular formula is C26H32ClN5O4. The number of carbonyl (C=O) groups is 1. The number of ether oxygens (including phenoxy) is 3. The number of anilines is 1. The lowest BCUT2D eigenvalue weighted by Gasteiger charge is -2.26. The van der Waals surface area contributed by atoms with Crippen LogP contribution in [0.4, 0.5) is 10.5 Å². The zero-order valence-corrected chi connectivity index (χ0v) is 21.4. The summed E-state index contributed by atoms with van der Waals surface area (Å²) in [6, 6.07) is 8.33. The molecule has 1 aliphatic rings. The molecule has 0 aliphatic carbocycles. The summed E-state index contributed by atoms with van der Waals surface area (Å²) in [5.41, 5.74) is 1.15. The van der Waals surface area contributed by atoms with Gasteiger partial charge in [0.05, 0.1) is 35.3 Å². The molecule has 2 heterocycles. The highest BCUT2D eigenvalue weighted by Crippen LogP contribution is 2.37. The number of urea groups is 1. The van der Waals surface area contributed by atoms with Gasteiger partial charge in [0.15, 0.2) is 11.5 Å². The zero-order chi connectivity index (χ0) is 25.3. The molecule has 0 unspecified atom stereocenters. The first-order valence-corrected chi connectivity index (χ1v) is 12.7. The van der Waals surface area contributed by atoms with Gasteiger partial charge in [-0.05, 0) is 57.5 Å². The summed E-state index contributed by atoms with van der Waals surface area (Å²) in [5, 5.41) is 6.38. The first kappa shape index (κ1) is 25.8. The molecule has 1 saturated heterocycles. The van der Waals surface area contributed by atoms with Crippen molar-refractivity contribution in [2.75, 3.05) is 45.2 Å². The van der Waals surface area contributed by atoms with E-state index in [0.29, 0.717) is 57.9 Å². The maximum Gasteiger partial charge on any atom is 0.319 e. The molecule has 0 radical (unpaired) electrons. The zero-order valence-electron chi connectivity index (χ0n) is 20.7. The molecule has 1 fully saturated rings. The van der Waals surface area contributed by atoms with Crippen molar-refractivity contribution in [1.29, 1.82) is 0 Å². The third-order valence-electron chi connectivity index (χ3n) is 5.95. The van der Waals surface area contributed by atoms with E-state index in [1.54, 1.807) is 25.3 Å². The van der Waals surface area contributed by atoms with Gasteiger partial charge in [-0.15, -0.1) is 0 Å². The molecule has 3 aromatic rings. The maximum atomic E-state index is 11.8. The van der Waals surface area contributed by atoms with Crippen LogP contribution in [0.3, 0.4) is 0 Å². The Morgan fingerprint density at radius 3 is 2.69 bits per heavy atom. The van der Waals surface area contributed by atoms with Crippen molar-refractivity contribution in [3.63, 3.8) is 0 Å². The van der Waals surface area contributed by atoms with Crippen LogP contribution in [0.15, 0.2) is 36.7 Å². The Morgan fingerprint density at radius 2 is 1.94 bits per heavy atom. The number of carbonyl (C=O) groups excluding carboxylic acids is 1. The third-order valence-corrected chi connectivity index (χ3v) is 6.26. The number of benzene rings is 2. The fraction of sp³-hybridized carbons (Fsp3) is 0.423. The van der Waals surface area contributed by atoms with Crippen molar-refractivity contribution in [2.45, 2.75) is 32.6 Å². The Balaban J connectivity index is 1.45. The van der Waals surface area contributed by atoms with Crippen LogP contribution in [0, 0.1) is 0 Å². The van der Waals surface area contributed by atoms with E-state index in [1.165, 1.54) is 38.7 Å². The van der Waals surface area contributed by atoms with Gasteiger partial charge in [0, 0.05) is 25.2 Å². The van der Waals surface area contributed by atoms with Crippen LogP contribution in [0.2, 0.25) is 5.02 Å². The summed E-state index contributed by atoms with van der Waals surface area (Å²) in [6.45, 7) is 6.35. The van der Waals surface area contributed by atoms with Gasteiger partial charge in [-0.2, -0.15) is 0 Å². The summed E-state index contributed by atoms with van der Waals surface area (Å²) in [4.78, 5) is 23.0. The smallest absolute Gasteiger partial charge is 0.319 e. The minimum absolute atomic E-state index is 0.327. The second-order valence-electron chi connectivity index (χ2n) is 8.53. The topological polar surface area (TPSA) is 97.8 Å². The van der Waals surface area contributed by atoms with Gasteiger partial charge in [-0.3, -0.25) is 0 Å². The van der Waals surface area contributed by atoms with Crippen LogP contribution < -0.4 is 24.8 Å². The largest absolute Gasteiger partial charge is 0.493 e. The molecule has 1 aliphatic heterocycles. The van der Waals surface area contributed by atoms with Crippen LogP contribution in [0.25, 0.3) is 10.9 Å². The number of aromatic nitrogens is 2. The third kappa shape index (κ3) is 6.67. The number of likely N-dealkylation sites (tertiary alicyclic amines) is 1. The number of hydrogen-bond acceptors (Lipinski definition) is 7. The molecular weight excluding hydrogens is 482 g/mol. The molecule has 192 valence electrons. The monoisotopic (exact) mass is 513 g/mol. The summed E-state index contributed by atoms with van der Waals surface area (Å²) >= 11 is 6.34. The molecule has 2 N–H and O–H groups in total. The second kappa shape index (κ2) is 12.6. The van der Waals surface area contributed by atoms with Crippen molar-refractivity contribution >= 4 is 34.2 Å². The summed E-state index contributed by atoms with van der Waals surface area (Å²) in [5.74, 6) is 2.05. The molecule has 0 spiro atoms. The number of fused-ring (bicyclic) bond motifs is 1. The minimum Gasteiger partial charge on any atom is -0.493 e. The Labute approximate surface area is 216 Å². The number of hydrogen-bond donors (Lipinski definition) is 2. The van der Waals surface area contributed by atoms with Gasteiger partial charge in [0.2, 0.25) is 5.88 Å². The average Bonchev–Trinajstić information content (AvgIpc) is 2.89. The predicted molar refractivity (Wildman–Crippen MR) is 141 cm³/mol. The molecule has 9 nitrogen and oxygen atoms in total. The summed E-state index contributed by atoms with van der Waals surface area (Å²) in [7, 11) is 1.60. The van der Waals surface area contributed by atoms with E-state index in [0.717, 1.165) is 13.0 Å². The average molecular weight is 514 g/mol. The number of piperidine rings is 1. The maximum absolute atomic E-state index is 11.8. The minimum atomic E-state index is -0.327. The van der Waals surface area contributed by atoms with E-state index >= 15 is 0 Å². The Morgan fingerprint density at radius 1 is 1.11 bits per heavy atom. The van der Waals surface area contributed by atoms with Crippen molar-refractivity contribution in [1.82, 2.24) is 20.2 Å². The number of nitrogens with one attached hydrogen (secondary N) is 2. The highest BCUT2D eigenvalue weighted by Gasteiger charge is 2.15. The van der Waals surface area contributed by atoms with Gasteiger partial charge in [-0.25, -0.2) is 14.8 Å². The molecule has 36 heavy (non-hydrogen) atoms. The van der Waals surface area contributed by atoms with E-state index in [4.69, 9.17) is 25.8 Å². The van der Waals surface area contributed by atoms with Gasteiger partial charge in [0.1, 0.15) is 12.1 Å². The van der Waals surface area contributed by atoms with E-state index < -0.39 is 0 Å². The quantitative estimate of drug-likeness (QED) is 0.346. The van der Waals surface area contributed by atoms with Crippen molar-refractivity contribution in [3.05, 3.63) is 41.7 Å². The molecule has 4 rings (SSSR count). The van der Waals surface area contributed by atoms with E-state index in [9.17, 15) is 4.79 Å². The van der Waals surface area contributed by atoms with Crippen LogP contribution in [0.1, 0.15) is 32.6 Å². The normalized spacial score (nSPS) is 13.9. The van der Waals surface area contributed by atoms with E-state index in [2.05, 4.69) is 25.5 Å². The van der Waals surface area contributed by atoms with Gasteiger partial charge >= 0.3 is 6.03 Å². The predicted octanol–water partition coefficient (Wildman–Crippen LogP) is 5.48. The summed E-state index contributed by atoms with van der Waals surface area (Å²) < 4.78 is 17.7. The SMILES string of the molecule is CCNC(=O)Nc1ccc(Oc2ncnc3cc(OCCCN4CCCCC4)c(OC)cc23)cc1Cl. The van der Waals surface area contributed by atoms with Crippen LogP contribution >= 0.6 is 11.6 Å². The molecule has 0 atom stereocenters. The molecule has 0 bridgehead atoms. The van der Waals surface area contributed by atoms with Gasteiger partial charge < -0.3 is 29.7 Å². The Bertz CT molecular complexity index is 1190. The highest BCUT2D eigenvalue weighted by molar-refractivity contribution is 6.33. The lowest BCUT2D eigenvalue weighted by atomic mass is 10.1. The lowest BCUT2D eigenvalue weighted by Crippen LogP contribution is -2.31. The molecule has 10 heteroatoms. The first-order valence-electron chi connectivity index (χ1n) is 12.3. The molecule has 2 aromatic carbocycles. The van der Waals surface area contributed by atoms with E-state index in [-0.39, 0.29) is 6.03 Å². The van der Waals surface area contributed by atoms with Crippen molar-refractivity contribution < 1.29 is 19.0 Å². The van der Waals surface area contributed by atoms with Crippen molar-refractivity contribution in [3.8, 4) is 23.1 Å². The van der Waals surface area contributed by atoms with Crippen LogP contribution in [-0.4, -0.2) is 60.8 Å². The molecule has 0 saturated carbocycles. The fourth-order valence-electron chi connectivity index (χ4n) is 4.15. The lowest BCUT2D eigenvalue weighted by molar-refractivity contribution is 0.203. The number of amides is 2. The Kier molecular flexibility index (Phi) is 9.02. The first-order chi connectivity index (χ1) is 17.6. The molecule has 1 aromatic heterocycles. The number of methoxy groups -OCH3 is 1. The summed E-state index contributed by atoms with van der Waals surface area (Å²) in [6.07, 6.45) is 6.30. The second-order valence-corrected chi connectivity index (χ2v) is 8.94. The van der Waals surface area contributed by atoms with Crippen LogP contribution in [0.5, 0.6) is 23.1 Å². The number of halogens is 1. The number of nitrogens with zero attached hydrogens (tertiary/aromatic N) is 3. The van der Waals surface area contributed by atoms with E-state index in [1.807, 2.05) is 19.1 Å². The van der Waals surface area contributed by atoms with Gasteiger partial charge in [-0.1, -0.05) is 18.0 Å².